The van der Waals surface area contributed by atoms with Crippen molar-refractivity contribution in [1.29, 1.82) is 0 Å². The standard InChI is InChI=1S/C22H16ClN3OS/c23-18-7-9-19(10-8-18)24-21(27)14-28-22-12-11-20(25-26-22)17-6-5-15-3-1-2-4-16(15)13-17/h1-13H,14H2,(H,24,27). The number of thioether (sulfide) groups is 1. The van der Waals surface area contributed by atoms with Crippen molar-refractivity contribution in [2.75, 3.05) is 11.1 Å². The third-order valence-electron chi connectivity index (χ3n) is 4.16. The molecule has 28 heavy (non-hydrogen) atoms. The Morgan fingerprint density at radius 1 is 0.893 bits per heavy atom. The fourth-order valence-corrected chi connectivity index (χ4v) is 3.51. The maximum absolute atomic E-state index is 12.1. The largest absolute Gasteiger partial charge is 0.325 e. The Kier molecular flexibility index (Phi) is 5.55. The Morgan fingerprint density at radius 3 is 2.43 bits per heavy atom. The molecule has 1 heterocycles. The molecule has 0 saturated heterocycles. The van der Waals surface area contributed by atoms with Gasteiger partial charge in [-0.05, 0) is 53.2 Å². The summed E-state index contributed by atoms with van der Waals surface area (Å²) in [6, 6.07) is 25.3. The lowest BCUT2D eigenvalue weighted by atomic mass is 10.1. The van der Waals surface area contributed by atoms with Gasteiger partial charge < -0.3 is 5.32 Å². The van der Waals surface area contributed by atoms with Crippen LogP contribution in [0.25, 0.3) is 22.0 Å². The van der Waals surface area contributed by atoms with E-state index in [-0.39, 0.29) is 11.7 Å². The van der Waals surface area contributed by atoms with E-state index in [1.165, 1.54) is 22.5 Å². The highest BCUT2D eigenvalue weighted by Gasteiger charge is 2.07. The van der Waals surface area contributed by atoms with E-state index in [9.17, 15) is 4.79 Å². The van der Waals surface area contributed by atoms with Gasteiger partial charge in [-0.2, -0.15) is 0 Å². The summed E-state index contributed by atoms with van der Waals surface area (Å²) in [4.78, 5) is 12.1. The monoisotopic (exact) mass is 405 g/mol. The number of aromatic nitrogens is 2. The van der Waals surface area contributed by atoms with Gasteiger partial charge in [0.05, 0.1) is 11.4 Å². The lowest BCUT2D eigenvalue weighted by molar-refractivity contribution is -0.113. The van der Waals surface area contributed by atoms with Gasteiger partial charge in [-0.1, -0.05) is 59.8 Å². The van der Waals surface area contributed by atoms with Crippen LogP contribution in [-0.2, 0) is 4.79 Å². The van der Waals surface area contributed by atoms with Crippen LogP contribution >= 0.6 is 23.4 Å². The van der Waals surface area contributed by atoms with Crippen LogP contribution < -0.4 is 5.32 Å². The summed E-state index contributed by atoms with van der Waals surface area (Å²) in [5.74, 6) is 0.153. The van der Waals surface area contributed by atoms with E-state index in [2.05, 4.69) is 39.8 Å². The molecule has 0 aliphatic heterocycles. The van der Waals surface area contributed by atoms with Gasteiger partial charge in [0.25, 0.3) is 0 Å². The topological polar surface area (TPSA) is 54.9 Å². The first-order chi connectivity index (χ1) is 13.7. The number of fused-ring (bicyclic) bond motifs is 1. The molecule has 0 atom stereocenters. The quantitative estimate of drug-likeness (QED) is 0.434. The van der Waals surface area contributed by atoms with E-state index in [4.69, 9.17) is 11.6 Å². The van der Waals surface area contributed by atoms with Crippen LogP contribution in [0.3, 0.4) is 0 Å². The first-order valence-electron chi connectivity index (χ1n) is 8.68. The molecule has 3 aromatic carbocycles. The molecule has 0 unspecified atom stereocenters. The van der Waals surface area contributed by atoms with Crippen molar-refractivity contribution in [3.8, 4) is 11.3 Å². The first kappa shape index (κ1) is 18.5. The van der Waals surface area contributed by atoms with Crippen LogP contribution in [0.5, 0.6) is 0 Å². The smallest absolute Gasteiger partial charge is 0.234 e. The van der Waals surface area contributed by atoms with Crippen molar-refractivity contribution < 1.29 is 4.79 Å². The molecule has 0 fully saturated rings. The Bertz CT molecular complexity index is 1110. The summed E-state index contributed by atoms with van der Waals surface area (Å²) in [5.41, 5.74) is 2.54. The number of hydrogen-bond donors (Lipinski definition) is 1. The van der Waals surface area contributed by atoms with Gasteiger partial charge in [0, 0.05) is 16.3 Å². The zero-order chi connectivity index (χ0) is 19.3. The summed E-state index contributed by atoms with van der Waals surface area (Å²) >= 11 is 7.19. The van der Waals surface area contributed by atoms with Gasteiger partial charge >= 0.3 is 0 Å². The normalized spacial score (nSPS) is 10.8. The Hall–Kier alpha value is -2.89. The SMILES string of the molecule is O=C(CSc1ccc(-c2ccc3ccccc3c2)nn1)Nc1ccc(Cl)cc1. The number of hydrogen-bond acceptors (Lipinski definition) is 4. The fourth-order valence-electron chi connectivity index (χ4n) is 2.77. The molecule has 1 N–H and O–H groups in total. The van der Waals surface area contributed by atoms with Crippen LogP contribution in [0.4, 0.5) is 5.69 Å². The van der Waals surface area contributed by atoms with E-state index in [1.54, 1.807) is 24.3 Å². The minimum Gasteiger partial charge on any atom is -0.325 e. The minimum atomic E-state index is -0.104. The van der Waals surface area contributed by atoms with Gasteiger partial charge in [0.15, 0.2) is 0 Å². The molecule has 4 nitrogen and oxygen atoms in total. The predicted octanol–water partition coefficient (Wildman–Crippen LogP) is 5.68. The number of benzene rings is 3. The second-order valence-electron chi connectivity index (χ2n) is 6.16. The van der Waals surface area contributed by atoms with Crippen molar-refractivity contribution in [2.24, 2.45) is 0 Å². The van der Waals surface area contributed by atoms with Crippen LogP contribution in [0, 0.1) is 0 Å². The summed E-state index contributed by atoms with van der Waals surface area (Å²) in [5, 5.41) is 15.1. The zero-order valence-corrected chi connectivity index (χ0v) is 16.4. The zero-order valence-electron chi connectivity index (χ0n) is 14.8. The molecule has 1 aromatic heterocycles. The summed E-state index contributed by atoms with van der Waals surface area (Å²) in [7, 11) is 0. The average molecular weight is 406 g/mol. The summed E-state index contributed by atoms with van der Waals surface area (Å²) in [6.45, 7) is 0. The maximum Gasteiger partial charge on any atom is 0.234 e. The van der Waals surface area contributed by atoms with Crippen LogP contribution in [0.15, 0.2) is 83.9 Å². The van der Waals surface area contributed by atoms with Gasteiger partial charge in [0.2, 0.25) is 5.91 Å². The number of anilines is 1. The van der Waals surface area contributed by atoms with Crippen molar-refractivity contribution >= 4 is 45.7 Å². The highest BCUT2D eigenvalue weighted by Crippen LogP contribution is 2.24. The Labute approximate surface area is 172 Å². The number of nitrogens with one attached hydrogen (secondary N) is 1. The van der Waals surface area contributed by atoms with Gasteiger partial charge in [0.1, 0.15) is 5.03 Å². The number of carbonyl (C=O) groups is 1. The molecule has 0 aliphatic rings. The fraction of sp³-hybridized carbons (Fsp3) is 0.0455. The molecule has 4 aromatic rings. The van der Waals surface area contributed by atoms with Crippen LogP contribution in [0.2, 0.25) is 5.02 Å². The molecular weight excluding hydrogens is 390 g/mol. The molecule has 0 spiro atoms. The van der Waals surface area contributed by atoms with E-state index in [1.807, 2.05) is 30.3 Å². The second kappa shape index (κ2) is 8.42. The maximum atomic E-state index is 12.1. The van der Waals surface area contributed by atoms with E-state index < -0.39 is 0 Å². The van der Waals surface area contributed by atoms with Crippen molar-refractivity contribution in [2.45, 2.75) is 5.03 Å². The molecule has 1 amide bonds. The number of halogens is 1. The Balaban J connectivity index is 1.38. The lowest BCUT2D eigenvalue weighted by Gasteiger charge is -2.06. The molecule has 4 rings (SSSR count). The highest BCUT2D eigenvalue weighted by molar-refractivity contribution is 7.99. The van der Waals surface area contributed by atoms with Crippen molar-refractivity contribution in [1.82, 2.24) is 10.2 Å². The van der Waals surface area contributed by atoms with E-state index >= 15 is 0 Å². The van der Waals surface area contributed by atoms with Gasteiger partial charge in [-0.3, -0.25) is 4.79 Å². The highest BCUT2D eigenvalue weighted by atomic mass is 35.5. The average Bonchev–Trinajstić information content (AvgIpc) is 2.74. The second-order valence-corrected chi connectivity index (χ2v) is 7.59. The van der Waals surface area contributed by atoms with E-state index in [0.29, 0.717) is 15.7 Å². The summed E-state index contributed by atoms with van der Waals surface area (Å²) < 4.78 is 0. The van der Waals surface area contributed by atoms with Crippen LogP contribution in [-0.4, -0.2) is 21.9 Å². The number of amides is 1. The van der Waals surface area contributed by atoms with Crippen LogP contribution in [0.1, 0.15) is 0 Å². The molecular formula is C22H16ClN3OS. The first-order valence-corrected chi connectivity index (χ1v) is 10.0. The molecule has 0 radical (unpaired) electrons. The van der Waals surface area contributed by atoms with E-state index in [0.717, 1.165) is 11.3 Å². The minimum absolute atomic E-state index is 0.104. The lowest BCUT2D eigenvalue weighted by Crippen LogP contribution is -2.14. The summed E-state index contributed by atoms with van der Waals surface area (Å²) in [6.07, 6.45) is 0. The Morgan fingerprint density at radius 2 is 1.68 bits per heavy atom. The molecule has 138 valence electrons. The predicted molar refractivity (Wildman–Crippen MR) is 116 cm³/mol. The molecule has 6 heteroatoms. The molecule has 0 aliphatic carbocycles. The van der Waals surface area contributed by atoms with Gasteiger partial charge in [-0.15, -0.1) is 10.2 Å². The third kappa shape index (κ3) is 4.50. The van der Waals surface area contributed by atoms with Crippen molar-refractivity contribution in [3.05, 3.63) is 83.9 Å². The molecule has 0 bridgehead atoms. The molecule has 0 saturated carbocycles. The third-order valence-corrected chi connectivity index (χ3v) is 5.34. The van der Waals surface area contributed by atoms with Gasteiger partial charge in [-0.25, -0.2) is 0 Å². The number of nitrogens with zero attached hydrogens (tertiary/aromatic N) is 2. The number of rotatable bonds is 5. The number of carbonyl (C=O) groups excluding carboxylic acids is 1. The van der Waals surface area contributed by atoms with Crippen molar-refractivity contribution in [3.63, 3.8) is 0 Å².